The Morgan fingerprint density at radius 1 is 1.29 bits per heavy atom. The van der Waals surface area contributed by atoms with E-state index < -0.39 is 17.2 Å². The number of benzene rings is 1. The number of rotatable bonds is 2. The SMILES string of the molecule is N=C(c1cc(O)c(O)c(O)c1)C1CO1. The fourth-order valence-corrected chi connectivity index (χ4v) is 1.16. The number of nitrogens with one attached hydrogen (secondary N) is 1. The van der Waals surface area contributed by atoms with Gasteiger partial charge in [-0.1, -0.05) is 0 Å². The van der Waals surface area contributed by atoms with Crippen molar-refractivity contribution in [3.8, 4) is 17.2 Å². The lowest BCUT2D eigenvalue weighted by Crippen LogP contribution is -2.06. The standard InChI is InChI=1S/C9H9NO4/c10-8(7-3-14-7)4-1-5(11)9(13)6(12)2-4/h1-2,7,10-13H,3H2. The van der Waals surface area contributed by atoms with Crippen molar-refractivity contribution in [2.45, 2.75) is 6.10 Å². The van der Waals surface area contributed by atoms with E-state index in [1.54, 1.807) is 0 Å². The molecule has 0 aromatic heterocycles. The Morgan fingerprint density at radius 2 is 1.79 bits per heavy atom. The van der Waals surface area contributed by atoms with Gasteiger partial charge in [0, 0.05) is 5.56 Å². The highest BCUT2D eigenvalue weighted by Gasteiger charge is 2.29. The summed E-state index contributed by atoms with van der Waals surface area (Å²) in [6.45, 7) is 0.487. The summed E-state index contributed by atoms with van der Waals surface area (Å²) in [5.74, 6) is -1.45. The summed E-state index contributed by atoms with van der Waals surface area (Å²) in [6.07, 6.45) is -0.252. The first-order valence-corrected chi connectivity index (χ1v) is 4.05. The van der Waals surface area contributed by atoms with Crippen LogP contribution in [-0.2, 0) is 4.74 Å². The molecule has 0 aliphatic carbocycles. The minimum absolute atomic E-state index is 0.190. The summed E-state index contributed by atoms with van der Waals surface area (Å²) in [5.41, 5.74) is 0.538. The number of phenols is 3. The smallest absolute Gasteiger partial charge is 0.200 e. The predicted molar refractivity (Wildman–Crippen MR) is 48.0 cm³/mol. The normalized spacial score (nSPS) is 19.3. The zero-order chi connectivity index (χ0) is 10.3. The van der Waals surface area contributed by atoms with E-state index in [4.69, 9.17) is 15.3 Å². The molecule has 1 aliphatic rings. The van der Waals surface area contributed by atoms with E-state index in [9.17, 15) is 10.2 Å². The molecule has 0 amide bonds. The van der Waals surface area contributed by atoms with Crippen molar-refractivity contribution >= 4 is 5.71 Å². The molecule has 14 heavy (non-hydrogen) atoms. The topological polar surface area (TPSA) is 97.1 Å². The van der Waals surface area contributed by atoms with Gasteiger partial charge in [-0.2, -0.15) is 0 Å². The van der Waals surface area contributed by atoms with Gasteiger partial charge in [-0.25, -0.2) is 0 Å². The highest BCUT2D eigenvalue weighted by molar-refractivity contribution is 6.03. The van der Waals surface area contributed by atoms with Crippen LogP contribution in [-0.4, -0.2) is 33.7 Å². The second-order valence-corrected chi connectivity index (χ2v) is 3.10. The van der Waals surface area contributed by atoms with E-state index >= 15 is 0 Å². The second kappa shape index (κ2) is 2.88. The van der Waals surface area contributed by atoms with Crippen LogP contribution in [0.5, 0.6) is 17.2 Å². The van der Waals surface area contributed by atoms with Crippen molar-refractivity contribution < 1.29 is 20.1 Å². The number of hydrogen-bond donors (Lipinski definition) is 4. The molecule has 4 N–H and O–H groups in total. The molecule has 1 atom stereocenters. The van der Waals surface area contributed by atoms with Gasteiger partial charge in [-0.15, -0.1) is 0 Å². The molecular weight excluding hydrogens is 186 g/mol. The van der Waals surface area contributed by atoms with Gasteiger partial charge in [-0.05, 0) is 12.1 Å². The molecule has 1 fully saturated rings. The molecule has 5 nitrogen and oxygen atoms in total. The third kappa shape index (κ3) is 1.38. The van der Waals surface area contributed by atoms with Crippen molar-refractivity contribution in [3.05, 3.63) is 17.7 Å². The summed E-state index contributed by atoms with van der Waals surface area (Å²) in [4.78, 5) is 0. The van der Waals surface area contributed by atoms with Gasteiger partial charge in [0.15, 0.2) is 17.2 Å². The molecule has 1 saturated heterocycles. The van der Waals surface area contributed by atoms with Gasteiger partial charge in [0.05, 0.1) is 12.3 Å². The van der Waals surface area contributed by atoms with Crippen LogP contribution < -0.4 is 0 Å². The molecule has 1 aromatic rings. The van der Waals surface area contributed by atoms with E-state index in [2.05, 4.69) is 0 Å². The van der Waals surface area contributed by atoms with Crippen LogP contribution in [0.25, 0.3) is 0 Å². The largest absolute Gasteiger partial charge is 0.504 e. The molecule has 5 heteroatoms. The highest BCUT2D eigenvalue weighted by atomic mass is 16.6. The minimum atomic E-state index is -0.571. The summed E-state index contributed by atoms with van der Waals surface area (Å²) in [5, 5.41) is 35.0. The predicted octanol–water partition coefficient (Wildman–Crippen LogP) is 0.570. The molecule has 1 aromatic carbocycles. The van der Waals surface area contributed by atoms with Crippen LogP contribution >= 0.6 is 0 Å². The molecule has 0 saturated carbocycles. The molecule has 0 spiro atoms. The lowest BCUT2D eigenvalue weighted by molar-refractivity contribution is 0.367. The number of aromatic hydroxyl groups is 3. The van der Waals surface area contributed by atoms with Gasteiger partial charge >= 0.3 is 0 Å². The first kappa shape index (κ1) is 8.83. The van der Waals surface area contributed by atoms with E-state index in [1.807, 2.05) is 0 Å². The number of ether oxygens (including phenoxy) is 1. The third-order valence-electron chi connectivity index (χ3n) is 2.04. The quantitative estimate of drug-likeness (QED) is 0.315. The Bertz CT molecular complexity index is 375. The van der Waals surface area contributed by atoms with Gasteiger partial charge in [0.2, 0.25) is 0 Å². The van der Waals surface area contributed by atoms with Crippen LogP contribution in [0.3, 0.4) is 0 Å². The van der Waals surface area contributed by atoms with Crippen LogP contribution in [0.2, 0.25) is 0 Å². The zero-order valence-electron chi connectivity index (χ0n) is 7.19. The number of epoxide rings is 1. The van der Waals surface area contributed by atoms with Crippen LogP contribution in [0.15, 0.2) is 12.1 Å². The maximum absolute atomic E-state index is 9.18. The Kier molecular flexibility index (Phi) is 1.82. The first-order valence-electron chi connectivity index (χ1n) is 4.05. The molecule has 74 valence electrons. The fourth-order valence-electron chi connectivity index (χ4n) is 1.16. The first-order chi connectivity index (χ1) is 6.59. The average molecular weight is 195 g/mol. The second-order valence-electron chi connectivity index (χ2n) is 3.10. The summed E-state index contributed by atoms with van der Waals surface area (Å²) in [7, 11) is 0. The molecule has 2 rings (SSSR count). The van der Waals surface area contributed by atoms with Crippen molar-refractivity contribution in [1.82, 2.24) is 0 Å². The van der Waals surface area contributed by atoms with Gasteiger partial charge in [0.1, 0.15) is 6.10 Å². The maximum atomic E-state index is 9.18. The van der Waals surface area contributed by atoms with Gasteiger partial charge in [0.25, 0.3) is 0 Å². The van der Waals surface area contributed by atoms with Crippen LogP contribution in [0.4, 0.5) is 0 Å². The highest BCUT2D eigenvalue weighted by Crippen LogP contribution is 2.36. The fraction of sp³-hybridized carbons (Fsp3) is 0.222. The van der Waals surface area contributed by atoms with Gasteiger partial charge in [-0.3, -0.25) is 0 Å². The lowest BCUT2D eigenvalue weighted by atomic mass is 10.1. The van der Waals surface area contributed by atoms with Crippen LogP contribution in [0, 0.1) is 5.41 Å². The van der Waals surface area contributed by atoms with E-state index in [0.717, 1.165) is 0 Å². The van der Waals surface area contributed by atoms with Crippen molar-refractivity contribution in [1.29, 1.82) is 5.41 Å². The summed E-state index contributed by atoms with van der Waals surface area (Å²) < 4.78 is 4.88. The van der Waals surface area contributed by atoms with E-state index in [0.29, 0.717) is 12.2 Å². The van der Waals surface area contributed by atoms with E-state index in [1.165, 1.54) is 12.1 Å². The Labute approximate surface area is 79.7 Å². The maximum Gasteiger partial charge on any atom is 0.200 e. The van der Waals surface area contributed by atoms with E-state index in [-0.39, 0.29) is 11.8 Å². The lowest BCUT2D eigenvalue weighted by Gasteiger charge is -2.05. The van der Waals surface area contributed by atoms with Crippen molar-refractivity contribution in [2.75, 3.05) is 6.61 Å². The summed E-state index contributed by atoms with van der Waals surface area (Å²) >= 11 is 0. The van der Waals surface area contributed by atoms with Gasteiger partial charge < -0.3 is 25.5 Å². The average Bonchev–Trinajstić information content (AvgIpc) is 2.95. The molecule has 1 aliphatic heterocycles. The molecule has 1 heterocycles. The minimum Gasteiger partial charge on any atom is -0.504 e. The Balaban J connectivity index is 2.39. The number of phenolic OH excluding ortho intramolecular Hbond substituents is 3. The Hall–Kier alpha value is -1.75. The third-order valence-corrected chi connectivity index (χ3v) is 2.04. The molecule has 1 unspecified atom stereocenters. The zero-order valence-corrected chi connectivity index (χ0v) is 7.19. The monoisotopic (exact) mass is 195 g/mol. The van der Waals surface area contributed by atoms with Crippen LogP contribution in [0.1, 0.15) is 5.56 Å². The summed E-state index contributed by atoms with van der Waals surface area (Å²) in [6, 6.07) is 2.44. The number of hydrogen-bond acceptors (Lipinski definition) is 5. The molecule has 0 bridgehead atoms. The molecule has 0 radical (unpaired) electrons. The Morgan fingerprint density at radius 3 is 2.21 bits per heavy atom. The van der Waals surface area contributed by atoms with Crippen molar-refractivity contribution in [3.63, 3.8) is 0 Å². The molecular formula is C9H9NO4. The van der Waals surface area contributed by atoms with Crippen molar-refractivity contribution in [2.24, 2.45) is 0 Å².